The lowest BCUT2D eigenvalue weighted by Gasteiger charge is -2.20. The number of ether oxygens (including phenoxy) is 1. The standard InChI is InChI=1S/C13H18Cl2N2O3/c1-20-8-6-17(5-7-18)9-12(19)16-11-4-2-3-10(14)13(11)15/h2-4,18H,5-9H2,1H3,(H,16,19). The first-order valence-corrected chi connectivity index (χ1v) is 6.90. The highest BCUT2D eigenvalue weighted by Gasteiger charge is 2.12. The Morgan fingerprint density at radius 2 is 2.15 bits per heavy atom. The van der Waals surface area contributed by atoms with Crippen LogP contribution in [0.25, 0.3) is 0 Å². The number of nitrogens with zero attached hydrogens (tertiary/aromatic N) is 1. The van der Waals surface area contributed by atoms with Gasteiger partial charge in [0.25, 0.3) is 0 Å². The highest BCUT2D eigenvalue weighted by atomic mass is 35.5. The van der Waals surface area contributed by atoms with Gasteiger partial charge in [-0.05, 0) is 12.1 Å². The Balaban J connectivity index is 2.58. The van der Waals surface area contributed by atoms with Gasteiger partial charge in [-0.2, -0.15) is 0 Å². The van der Waals surface area contributed by atoms with E-state index in [1.54, 1.807) is 30.2 Å². The zero-order valence-corrected chi connectivity index (χ0v) is 12.7. The largest absolute Gasteiger partial charge is 0.395 e. The summed E-state index contributed by atoms with van der Waals surface area (Å²) in [5.74, 6) is -0.223. The third-order valence-corrected chi connectivity index (χ3v) is 3.44. The first-order valence-electron chi connectivity index (χ1n) is 6.14. The van der Waals surface area contributed by atoms with Crippen LogP contribution in [0.1, 0.15) is 0 Å². The number of hydrogen-bond donors (Lipinski definition) is 2. The molecule has 2 N–H and O–H groups in total. The van der Waals surface area contributed by atoms with Gasteiger partial charge in [0.1, 0.15) is 0 Å². The van der Waals surface area contributed by atoms with Gasteiger partial charge in [0, 0.05) is 20.2 Å². The predicted molar refractivity (Wildman–Crippen MR) is 80.5 cm³/mol. The zero-order valence-electron chi connectivity index (χ0n) is 11.2. The van der Waals surface area contributed by atoms with E-state index in [-0.39, 0.29) is 19.1 Å². The third kappa shape index (κ3) is 5.64. The van der Waals surface area contributed by atoms with E-state index in [1.807, 2.05) is 0 Å². The molecule has 1 aromatic carbocycles. The van der Waals surface area contributed by atoms with Crippen LogP contribution in [-0.2, 0) is 9.53 Å². The van der Waals surface area contributed by atoms with Crippen LogP contribution in [0.15, 0.2) is 18.2 Å². The van der Waals surface area contributed by atoms with Crippen LogP contribution in [0.5, 0.6) is 0 Å². The average Bonchev–Trinajstić information content (AvgIpc) is 2.41. The number of anilines is 1. The lowest BCUT2D eigenvalue weighted by atomic mass is 10.3. The van der Waals surface area contributed by atoms with Gasteiger partial charge in [-0.25, -0.2) is 0 Å². The van der Waals surface area contributed by atoms with Gasteiger partial charge in [-0.15, -0.1) is 0 Å². The topological polar surface area (TPSA) is 61.8 Å². The smallest absolute Gasteiger partial charge is 0.238 e. The SMILES string of the molecule is COCCN(CCO)CC(=O)Nc1cccc(Cl)c1Cl. The first-order chi connectivity index (χ1) is 9.58. The maximum absolute atomic E-state index is 11.9. The molecule has 20 heavy (non-hydrogen) atoms. The van der Waals surface area contributed by atoms with E-state index in [4.69, 9.17) is 33.0 Å². The molecule has 1 rings (SSSR count). The van der Waals surface area contributed by atoms with E-state index in [0.717, 1.165) is 0 Å². The molecule has 0 aliphatic heterocycles. The molecule has 0 saturated carbocycles. The molecule has 0 aliphatic rings. The number of aliphatic hydroxyl groups is 1. The molecular formula is C13H18Cl2N2O3. The fourth-order valence-electron chi connectivity index (χ4n) is 1.62. The van der Waals surface area contributed by atoms with Crippen molar-refractivity contribution in [2.75, 3.05) is 45.3 Å². The van der Waals surface area contributed by atoms with Crippen LogP contribution in [0.2, 0.25) is 10.0 Å². The fourth-order valence-corrected chi connectivity index (χ4v) is 1.97. The Hall–Kier alpha value is -0.850. The fraction of sp³-hybridized carbons (Fsp3) is 0.462. The van der Waals surface area contributed by atoms with Crippen LogP contribution >= 0.6 is 23.2 Å². The molecule has 0 radical (unpaired) electrons. The van der Waals surface area contributed by atoms with E-state index < -0.39 is 0 Å². The average molecular weight is 321 g/mol. The number of rotatable bonds is 8. The maximum Gasteiger partial charge on any atom is 0.238 e. The number of nitrogens with one attached hydrogen (secondary N) is 1. The normalized spacial score (nSPS) is 10.8. The van der Waals surface area contributed by atoms with Gasteiger partial charge in [-0.3, -0.25) is 9.69 Å². The van der Waals surface area contributed by atoms with Crippen molar-refractivity contribution in [3.05, 3.63) is 28.2 Å². The summed E-state index contributed by atoms with van der Waals surface area (Å²) in [5.41, 5.74) is 0.472. The van der Waals surface area contributed by atoms with Crippen molar-refractivity contribution in [1.29, 1.82) is 0 Å². The van der Waals surface area contributed by atoms with E-state index in [9.17, 15) is 4.79 Å². The number of methoxy groups -OCH3 is 1. The molecule has 0 aliphatic carbocycles. The summed E-state index contributed by atoms with van der Waals surface area (Å²) in [5, 5.41) is 12.4. The Morgan fingerprint density at radius 1 is 1.40 bits per heavy atom. The van der Waals surface area contributed by atoms with E-state index in [2.05, 4.69) is 5.32 Å². The number of amides is 1. The van der Waals surface area contributed by atoms with Crippen LogP contribution in [0.3, 0.4) is 0 Å². The van der Waals surface area contributed by atoms with Gasteiger partial charge >= 0.3 is 0 Å². The molecule has 0 atom stereocenters. The van der Waals surface area contributed by atoms with Gasteiger partial charge in [0.05, 0.1) is 35.5 Å². The molecule has 7 heteroatoms. The van der Waals surface area contributed by atoms with Crippen LogP contribution in [0.4, 0.5) is 5.69 Å². The van der Waals surface area contributed by atoms with Crippen molar-refractivity contribution in [2.24, 2.45) is 0 Å². The Labute approximate surface area is 128 Å². The lowest BCUT2D eigenvalue weighted by molar-refractivity contribution is -0.117. The number of hydrogen-bond acceptors (Lipinski definition) is 4. The molecule has 0 bridgehead atoms. The summed E-state index contributed by atoms with van der Waals surface area (Å²) in [6, 6.07) is 5.04. The van der Waals surface area contributed by atoms with Crippen molar-refractivity contribution in [2.45, 2.75) is 0 Å². The quantitative estimate of drug-likeness (QED) is 0.767. The molecule has 1 aromatic rings. The van der Waals surface area contributed by atoms with Gasteiger partial charge in [0.2, 0.25) is 5.91 Å². The molecule has 0 saturated heterocycles. The molecule has 1 amide bonds. The number of carbonyl (C=O) groups is 1. The van der Waals surface area contributed by atoms with Gasteiger partial charge in [-0.1, -0.05) is 29.3 Å². The predicted octanol–water partition coefficient (Wildman–Crippen LogP) is 1.87. The van der Waals surface area contributed by atoms with Gasteiger partial charge in [0.15, 0.2) is 0 Å². The molecule has 0 spiro atoms. The van der Waals surface area contributed by atoms with E-state index >= 15 is 0 Å². The molecule has 0 heterocycles. The summed E-state index contributed by atoms with van der Waals surface area (Å²) < 4.78 is 4.96. The lowest BCUT2D eigenvalue weighted by Crippen LogP contribution is -2.37. The second-order valence-electron chi connectivity index (χ2n) is 4.14. The number of carbonyl (C=O) groups excluding carboxylic acids is 1. The zero-order chi connectivity index (χ0) is 15.0. The maximum atomic E-state index is 11.9. The first kappa shape index (κ1) is 17.2. The van der Waals surface area contributed by atoms with Crippen LogP contribution < -0.4 is 5.32 Å². The molecule has 0 aromatic heterocycles. The van der Waals surface area contributed by atoms with Crippen molar-refractivity contribution < 1.29 is 14.6 Å². The summed E-state index contributed by atoms with van der Waals surface area (Å²) in [7, 11) is 1.59. The van der Waals surface area contributed by atoms with E-state index in [1.165, 1.54) is 0 Å². The monoisotopic (exact) mass is 320 g/mol. The summed E-state index contributed by atoms with van der Waals surface area (Å²) in [4.78, 5) is 13.7. The molecule has 0 fully saturated rings. The number of benzene rings is 1. The van der Waals surface area contributed by atoms with Crippen LogP contribution in [-0.4, -0.2) is 55.9 Å². The van der Waals surface area contributed by atoms with Gasteiger partial charge < -0.3 is 15.2 Å². The molecule has 112 valence electrons. The number of aliphatic hydroxyl groups excluding tert-OH is 1. The Bertz CT molecular complexity index is 444. The van der Waals surface area contributed by atoms with Crippen molar-refractivity contribution >= 4 is 34.8 Å². The highest BCUT2D eigenvalue weighted by Crippen LogP contribution is 2.29. The van der Waals surface area contributed by atoms with Crippen molar-refractivity contribution in [3.8, 4) is 0 Å². The van der Waals surface area contributed by atoms with Crippen molar-refractivity contribution in [3.63, 3.8) is 0 Å². The highest BCUT2D eigenvalue weighted by molar-refractivity contribution is 6.43. The van der Waals surface area contributed by atoms with Crippen LogP contribution in [0, 0.1) is 0 Å². The molecular weight excluding hydrogens is 303 g/mol. The minimum absolute atomic E-state index is 0.0189. The molecule has 5 nitrogen and oxygen atoms in total. The van der Waals surface area contributed by atoms with E-state index in [0.29, 0.717) is 35.4 Å². The Morgan fingerprint density at radius 3 is 2.80 bits per heavy atom. The third-order valence-electron chi connectivity index (χ3n) is 2.62. The molecule has 0 unspecified atom stereocenters. The second-order valence-corrected chi connectivity index (χ2v) is 4.93. The summed E-state index contributed by atoms with van der Waals surface area (Å²) >= 11 is 11.9. The minimum Gasteiger partial charge on any atom is -0.395 e. The summed E-state index contributed by atoms with van der Waals surface area (Å²) in [6.07, 6.45) is 0. The Kier molecular flexibility index (Phi) is 7.87. The second kappa shape index (κ2) is 9.15. The summed E-state index contributed by atoms with van der Waals surface area (Å²) in [6.45, 7) is 1.58. The van der Waals surface area contributed by atoms with Crippen molar-refractivity contribution in [1.82, 2.24) is 4.90 Å². The minimum atomic E-state index is -0.223. The number of halogens is 2.